The first-order chi connectivity index (χ1) is 15.1. The predicted molar refractivity (Wildman–Crippen MR) is 121 cm³/mol. The smallest absolute Gasteiger partial charge is 0.263 e. The highest BCUT2D eigenvalue weighted by atomic mass is 16.2. The molecular formula is C25H26N4O2. The summed E-state index contributed by atoms with van der Waals surface area (Å²) >= 11 is 0. The van der Waals surface area contributed by atoms with Crippen LogP contribution in [0.5, 0.6) is 0 Å². The van der Waals surface area contributed by atoms with Gasteiger partial charge in [0.05, 0.1) is 16.9 Å². The van der Waals surface area contributed by atoms with E-state index < -0.39 is 0 Å². The summed E-state index contributed by atoms with van der Waals surface area (Å²) in [5, 5.41) is 0. The Balaban J connectivity index is 1.79. The third-order valence-corrected chi connectivity index (χ3v) is 6.62. The van der Waals surface area contributed by atoms with Crippen molar-refractivity contribution in [3.63, 3.8) is 0 Å². The van der Waals surface area contributed by atoms with Crippen molar-refractivity contribution in [1.29, 1.82) is 0 Å². The summed E-state index contributed by atoms with van der Waals surface area (Å²) in [4.78, 5) is 31.0. The number of anilines is 1. The summed E-state index contributed by atoms with van der Waals surface area (Å²) in [6.45, 7) is 1.78. The molecule has 2 N–H and O–H groups in total. The molecule has 158 valence electrons. The van der Waals surface area contributed by atoms with Gasteiger partial charge in [0, 0.05) is 17.4 Å². The second-order valence-electron chi connectivity index (χ2n) is 8.48. The molecule has 1 aromatic heterocycles. The van der Waals surface area contributed by atoms with Crippen molar-refractivity contribution in [2.24, 2.45) is 0 Å². The predicted octanol–water partition coefficient (Wildman–Crippen LogP) is 4.12. The Morgan fingerprint density at radius 2 is 1.77 bits per heavy atom. The molecule has 6 nitrogen and oxygen atoms in total. The van der Waals surface area contributed by atoms with Crippen molar-refractivity contribution < 1.29 is 4.79 Å². The third-order valence-electron chi connectivity index (χ3n) is 6.62. The zero-order valence-electron chi connectivity index (χ0n) is 17.6. The molecule has 6 heteroatoms. The molecule has 1 amide bonds. The van der Waals surface area contributed by atoms with E-state index in [2.05, 4.69) is 23.0 Å². The quantitative estimate of drug-likeness (QED) is 0.630. The van der Waals surface area contributed by atoms with E-state index in [9.17, 15) is 9.59 Å². The Hall–Kier alpha value is -3.41. The number of nitrogens with zero attached hydrogens (tertiary/aromatic N) is 2. The number of hydrogen-bond acceptors (Lipinski definition) is 4. The zero-order chi connectivity index (χ0) is 21.4. The maximum Gasteiger partial charge on any atom is 0.263 e. The van der Waals surface area contributed by atoms with Crippen LogP contribution in [0, 0.1) is 0 Å². The number of aromatic nitrogens is 2. The number of hydrogen-bond donors (Lipinski definition) is 2. The van der Waals surface area contributed by atoms with Gasteiger partial charge in [0.2, 0.25) is 11.9 Å². The highest BCUT2D eigenvalue weighted by Gasteiger charge is 2.44. The van der Waals surface area contributed by atoms with Crippen LogP contribution in [0.1, 0.15) is 50.2 Å². The molecule has 0 aliphatic heterocycles. The van der Waals surface area contributed by atoms with E-state index >= 15 is 0 Å². The van der Waals surface area contributed by atoms with Crippen LogP contribution >= 0.6 is 0 Å². The van der Waals surface area contributed by atoms with Gasteiger partial charge < -0.3 is 0 Å². The number of benzene rings is 2. The maximum atomic E-state index is 14.1. The second kappa shape index (κ2) is 7.69. The van der Waals surface area contributed by atoms with Crippen molar-refractivity contribution in [3.8, 4) is 16.9 Å². The number of rotatable bonds is 4. The molecule has 0 bridgehead atoms. The van der Waals surface area contributed by atoms with Crippen molar-refractivity contribution in [1.82, 2.24) is 15.0 Å². The second-order valence-corrected chi connectivity index (χ2v) is 8.48. The van der Waals surface area contributed by atoms with Crippen molar-refractivity contribution >= 4 is 11.9 Å². The monoisotopic (exact) mass is 414 g/mol. The van der Waals surface area contributed by atoms with Gasteiger partial charge in [0.15, 0.2) is 0 Å². The number of hydrazine groups is 1. The average Bonchev–Trinajstić information content (AvgIpc) is 3.26. The fourth-order valence-corrected chi connectivity index (χ4v) is 5.15. The Kier molecular flexibility index (Phi) is 4.85. The Bertz CT molecular complexity index is 1190. The fraction of sp³-hybridized carbons (Fsp3) is 0.320. The van der Waals surface area contributed by atoms with E-state index in [1.165, 1.54) is 5.56 Å². The standard InChI is InChI=1S/C25H26N4O2/c1-2-20(30)27-28-24-26-22-19-13-7-6-10-17(19)16-25(14-8-9-15-25)21(22)23(31)29(24)18-11-4-3-5-12-18/h3-7,10-13H,2,8-9,14-16H2,1H3,(H,26,28)(H,27,30). The summed E-state index contributed by atoms with van der Waals surface area (Å²) in [6, 6.07) is 17.7. The van der Waals surface area contributed by atoms with Crippen molar-refractivity contribution in [2.75, 3.05) is 5.43 Å². The van der Waals surface area contributed by atoms with Crippen LogP contribution in [-0.2, 0) is 16.6 Å². The summed E-state index contributed by atoms with van der Waals surface area (Å²) in [6.07, 6.45) is 5.46. The Morgan fingerprint density at radius 1 is 1.06 bits per heavy atom. The molecule has 1 spiro atoms. The van der Waals surface area contributed by atoms with Gasteiger partial charge in [-0.2, -0.15) is 0 Å². The van der Waals surface area contributed by atoms with Gasteiger partial charge in [0.25, 0.3) is 5.56 Å². The molecule has 5 rings (SSSR count). The molecule has 0 unspecified atom stereocenters. The molecule has 2 aliphatic rings. The minimum absolute atomic E-state index is 0.0548. The number of fused-ring (bicyclic) bond motifs is 4. The first kappa shape index (κ1) is 19.5. The molecule has 0 saturated heterocycles. The molecule has 1 heterocycles. The highest BCUT2D eigenvalue weighted by molar-refractivity contribution is 5.77. The van der Waals surface area contributed by atoms with E-state index in [1.807, 2.05) is 42.5 Å². The Morgan fingerprint density at radius 3 is 2.52 bits per heavy atom. The van der Waals surface area contributed by atoms with Gasteiger partial charge in [-0.15, -0.1) is 0 Å². The molecular weight excluding hydrogens is 388 g/mol. The van der Waals surface area contributed by atoms with Gasteiger partial charge in [-0.3, -0.25) is 20.4 Å². The van der Waals surface area contributed by atoms with Gasteiger partial charge in [0.1, 0.15) is 0 Å². The van der Waals surface area contributed by atoms with Crippen molar-refractivity contribution in [3.05, 3.63) is 76.1 Å². The SMILES string of the molecule is CCC(=O)NNc1nc2c(c(=O)n1-c1ccccc1)C1(CCCC1)Cc1ccccc1-2. The highest BCUT2D eigenvalue weighted by Crippen LogP contribution is 2.49. The van der Waals surface area contributed by atoms with Crippen LogP contribution in [0.3, 0.4) is 0 Å². The minimum atomic E-state index is -0.171. The lowest BCUT2D eigenvalue weighted by molar-refractivity contribution is -0.120. The molecule has 1 fully saturated rings. The van der Waals surface area contributed by atoms with E-state index in [-0.39, 0.29) is 16.9 Å². The number of para-hydroxylation sites is 1. The summed E-state index contributed by atoms with van der Waals surface area (Å²) in [7, 11) is 0. The first-order valence-corrected chi connectivity index (χ1v) is 11.0. The largest absolute Gasteiger partial charge is 0.273 e. The van der Waals surface area contributed by atoms with Crippen LogP contribution in [0.2, 0.25) is 0 Å². The van der Waals surface area contributed by atoms with E-state index in [0.29, 0.717) is 12.4 Å². The van der Waals surface area contributed by atoms with Crippen LogP contribution in [0.25, 0.3) is 16.9 Å². The fourth-order valence-electron chi connectivity index (χ4n) is 5.15. The average molecular weight is 415 g/mol. The lowest BCUT2D eigenvalue weighted by Gasteiger charge is -2.36. The first-order valence-electron chi connectivity index (χ1n) is 11.0. The van der Waals surface area contributed by atoms with Gasteiger partial charge >= 0.3 is 0 Å². The van der Waals surface area contributed by atoms with Crippen LogP contribution in [-0.4, -0.2) is 15.5 Å². The third kappa shape index (κ3) is 3.23. The molecule has 31 heavy (non-hydrogen) atoms. The van der Waals surface area contributed by atoms with Crippen LogP contribution in [0.15, 0.2) is 59.4 Å². The lowest BCUT2D eigenvalue weighted by Crippen LogP contribution is -2.41. The minimum Gasteiger partial charge on any atom is -0.273 e. The van der Waals surface area contributed by atoms with E-state index in [4.69, 9.17) is 4.98 Å². The number of nitrogens with one attached hydrogen (secondary N) is 2. The zero-order valence-corrected chi connectivity index (χ0v) is 17.6. The maximum absolute atomic E-state index is 14.1. The normalized spacial score (nSPS) is 15.9. The summed E-state index contributed by atoms with van der Waals surface area (Å²) in [5.41, 5.74) is 9.90. The molecule has 0 atom stereocenters. The van der Waals surface area contributed by atoms with Gasteiger partial charge in [-0.05, 0) is 37.0 Å². The number of amides is 1. The molecule has 0 radical (unpaired) electrons. The number of carbonyl (C=O) groups is 1. The van der Waals surface area contributed by atoms with Gasteiger partial charge in [-0.25, -0.2) is 9.55 Å². The lowest BCUT2D eigenvalue weighted by atomic mass is 9.68. The summed E-state index contributed by atoms with van der Waals surface area (Å²) < 4.78 is 1.60. The van der Waals surface area contributed by atoms with E-state index in [1.54, 1.807) is 11.5 Å². The summed E-state index contributed by atoms with van der Waals surface area (Å²) in [5.74, 6) is 0.154. The van der Waals surface area contributed by atoms with Crippen LogP contribution < -0.4 is 16.4 Å². The van der Waals surface area contributed by atoms with Gasteiger partial charge in [-0.1, -0.05) is 62.2 Å². The molecule has 1 saturated carbocycles. The van der Waals surface area contributed by atoms with Crippen molar-refractivity contribution in [2.45, 2.75) is 50.9 Å². The van der Waals surface area contributed by atoms with Crippen LogP contribution in [0.4, 0.5) is 5.95 Å². The Labute approximate surface area is 181 Å². The molecule has 3 aromatic rings. The molecule has 2 aliphatic carbocycles. The topological polar surface area (TPSA) is 76.0 Å². The van der Waals surface area contributed by atoms with E-state index in [0.717, 1.165) is 54.6 Å². The number of carbonyl (C=O) groups excluding carboxylic acids is 1. The molecule has 2 aromatic carbocycles.